The minimum atomic E-state index is 0.876. The molecule has 4 nitrogen and oxygen atoms in total. The Balaban J connectivity index is 1.76. The normalized spacial score (nSPS) is 18.2. The molecule has 1 fully saturated rings. The fourth-order valence-corrected chi connectivity index (χ4v) is 4.05. The molecule has 1 aromatic carbocycles. The Morgan fingerprint density at radius 3 is 2.46 bits per heavy atom. The summed E-state index contributed by atoms with van der Waals surface area (Å²) in [6.45, 7) is 9.03. The van der Waals surface area contributed by atoms with Crippen molar-refractivity contribution in [3.8, 4) is 11.4 Å². The van der Waals surface area contributed by atoms with Gasteiger partial charge in [-0.05, 0) is 12.8 Å². The molecule has 136 valence electrons. The molecule has 0 radical (unpaired) electrons. The number of benzene rings is 1. The number of rotatable bonds is 4. The maximum Gasteiger partial charge on any atom is 0.161 e. The maximum atomic E-state index is 5.08. The number of anilines is 1. The van der Waals surface area contributed by atoms with E-state index >= 15 is 0 Å². The zero-order valence-electron chi connectivity index (χ0n) is 15.5. The summed E-state index contributed by atoms with van der Waals surface area (Å²) < 4.78 is 0. The maximum absolute atomic E-state index is 5.08. The molecule has 0 amide bonds. The highest BCUT2D eigenvalue weighted by atomic mass is 15.2. The van der Waals surface area contributed by atoms with E-state index in [0.717, 1.165) is 50.5 Å². The van der Waals surface area contributed by atoms with Crippen molar-refractivity contribution >= 4 is 5.82 Å². The fraction of sp³-hybridized carbons (Fsp3) is 0.455. The van der Waals surface area contributed by atoms with Gasteiger partial charge in [-0.15, -0.1) is 6.58 Å². The average molecular weight is 348 g/mol. The third kappa shape index (κ3) is 3.65. The van der Waals surface area contributed by atoms with Crippen LogP contribution < -0.4 is 4.90 Å². The summed E-state index contributed by atoms with van der Waals surface area (Å²) in [5, 5.41) is 0. The van der Waals surface area contributed by atoms with Gasteiger partial charge in [-0.1, -0.05) is 49.2 Å². The minimum absolute atomic E-state index is 0.876. The Hall–Kier alpha value is -2.20. The summed E-state index contributed by atoms with van der Waals surface area (Å²) >= 11 is 0. The molecular weight excluding hydrogens is 320 g/mol. The topological polar surface area (TPSA) is 32.3 Å². The van der Waals surface area contributed by atoms with Crippen molar-refractivity contribution in [1.82, 2.24) is 14.9 Å². The summed E-state index contributed by atoms with van der Waals surface area (Å²) in [5.41, 5.74) is 3.68. The Labute approximate surface area is 156 Å². The molecule has 1 saturated heterocycles. The van der Waals surface area contributed by atoms with E-state index in [0.29, 0.717) is 0 Å². The second-order valence-corrected chi connectivity index (χ2v) is 7.34. The Morgan fingerprint density at radius 1 is 0.962 bits per heavy atom. The Morgan fingerprint density at radius 2 is 1.73 bits per heavy atom. The van der Waals surface area contributed by atoms with Gasteiger partial charge in [-0.25, -0.2) is 9.97 Å². The number of nitrogens with zero attached hydrogens (tertiary/aromatic N) is 4. The first-order valence-corrected chi connectivity index (χ1v) is 9.88. The predicted molar refractivity (Wildman–Crippen MR) is 107 cm³/mol. The molecule has 2 aliphatic rings. The molecule has 2 aliphatic heterocycles. The van der Waals surface area contributed by atoms with E-state index in [9.17, 15) is 0 Å². The molecule has 0 aliphatic carbocycles. The molecule has 0 N–H and O–H groups in total. The van der Waals surface area contributed by atoms with Gasteiger partial charge in [-0.3, -0.25) is 4.90 Å². The summed E-state index contributed by atoms with van der Waals surface area (Å²) in [4.78, 5) is 15.0. The van der Waals surface area contributed by atoms with E-state index in [4.69, 9.17) is 9.97 Å². The Kier molecular flexibility index (Phi) is 5.30. The third-order valence-corrected chi connectivity index (χ3v) is 5.44. The highest BCUT2D eigenvalue weighted by Crippen LogP contribution is 2.31. The first kappa shape index (κ1) is 17.2. The van der Waals surface area contributed by atoms with Crippen molar-refractivity contribution in [3.63, 3.8) is 0 Å². The molecule has 4 heteroatoms. The number of hydrogen-bond acceptors (Lipinski definition) is 4. The van der Waals surface area contributed by atoms with Gasteiger partial charge in [0.25, 0.3) is 0 Å². The van der Waals surface area contributed by atoms with Crippen LogP contribution >= 0.6 is 0 Å². The van der Waals surface area contributed by atoms with Gasteiger partial charge in [0.05, 0.1) is 5.69 Å². The number of hydrogen-bond donors (Lipinski definition) is 0. The molecule has 1 aromatic heterocycles. The van der Waals surface area contributed by atoms with Gasteiger partial charge >= 0.3 is 0 Å². The lowest BCUT2D eigenvalue weighted by Gasteiger charge is -2.32. The van der Waals surface area contributed by atoms with Gasteiger partial charge in [0.1, 0.15) is 5.82 Å². The standard InChI is InChI=1S/C22H28N4/c1-2-13-25-16-12-20-19(17-25)22(26-14-8-3-4-9-15-26)24-21(23-20)18-10-6-5-7-11-18/h2,5-7,10-11H,1,3-4,8-9,12-17H2. The molecule has 0 spiro atoms. The van der Waals surface area contributed by atoms with Crippen molar-refractivity contribution in [2.75, 3.05) is 31.1 Å². The van der Waals surface area contributed by atoms with Gasteiger partial charge in [0, 0.05) is 50.3 Å². The van der Waals surface area contributed by atoms with Crippen molar-refractivity contribution < 1.29 is 0 Å². The van der Waals surface area contributed by atoms with Crippen molar-refractivity contribution in [2.24, 2.45) is 0 Å². The first-order valence-electron chi connectivity index (χ1n) is 9.88. The van der Waals surface area contributed by atoms with Gasteiger partial charge in [0.15, 0.2) is 5.82 Å². The highest BCUT2D eigenvalue weighted by Gasteiger charge is 2.25. The molecule has 0 atom stereocenters. The second-order valence-electron chi connectivity index (χ2n) is 7.34. The zero-order chi connectivity index (χ0) is 17.8. The summed E-state index contributed by atoms with van der Waals surface area (Å²) in [6.07, 6.45) is 8.17. The van der Waals surface area contributed by atoms with Crippen LogP contribution in [0.5, 0.6) is 0 Å². The summed E-state index contributed by atoms with van der Waals surface area (Å²) in [5.74, 6) is 2.05. The van der Waals surface area contributed by atoms with Crippen LogP contribution in [0.2, 0.25) is 0 Å². The lowest BCUT2D eigenvalue weighted by molar-refractivity contribution is 0.279. The smallest absolute Gasteiger partial charge is 0.161 e. The van der Waals surface area contributed by atoms with Crippen molar-refractivity contribution in [3.05, 3.63) is 54.2 Å². The van der Waals surface area contributed by atoms with Gasteiger partial charge in [0.2, 0.25) is 0 Å². The molecule has 0 unspecified atom stereocenters. The van der Waals surface area contributed by atoms with Crippen LogP contribution in [0.15, 0.2) is 43.0 Å². The average Bonchev–Trinajstić information content (AvgIpc) is 2.97. The molecule has 0 saturated carbocycles. The summed E-state index contributed by atoms with van der Waals surface area (Å²) in [6, 6.07) is 10.4. The van der Waals surface area contributed by atoms with Crippen LogP contribution in [0.1, 0.15) is 36.9 Å². The zero-order valence-corrected chi connectivity index (χ0v) is 15.5. The third-order valence-electron chi connectivity index (χ3n) is 5.44. The predicted octanol–water partition coefficient (Wildman–Crippen LogP) is 4.07. The molecule has 26 heavy (non-hydrogen) atoms. The van der Waals surface area contributed by atoms with E-state index in [1.807, 2.05) is 12.1 Å². The fourth-order valence-electron chi connectivity index (χ4n) is 4.05. The van der Waals surface area contributed by atoms with Crippen molar-refractivity contribution in [1.29, 1.82) is 0 Å². The van der Waals surface area contributed by atoms with Crippen molar-refractivity contribution in [2.45, 2.75) is 38.6 Å². The molecule has 4 rings (SSSR count). The lowest BCUT2D eigenvalue weighted by atomic mass is 10.0. The molecule has 3 heterocycles. The van der Waals surface area contributed by atoms with Gasteiger partial charge < -0.3 is 4.90 Å². The number of fused-ring (bicyclic) bond motifs is 1. The van der Waals surface area contributed by atoms with E-state index in [-0.39, 0.29) is 0 Å². The minimum Gasteiger partial charge on any atom is -0.356 e. The van der Waals surface area contributed by atoms with E-state index in [1.165, 1.54) is 42.8 Å². The van der Waals surface area contributed by atoms with Crippen LogP contribution in [-0.4, -0.2) is 41.0 Å². The molecule has 0 bridgehead atoms. The van der Waals surface area contributed by atoms with Crippen LogP contribution in [0, 0.1) is 0 Å². The monoisotopic (exact) mass is 348 g/mol. The summed E-state index contributed by atoms with van der Waals surface area (Å²) in [7, 11) is 0. The van der Waals surface area contributed by atoms with E-state index in [2.05, 4.69) is 40.6 Å². The van der Waals surface area contributed by atoms with E-state index in [1.54, 1.807) is 0 Å². The SMILES string of the molecule is C=CCN1CCc2nc(-c3ccccc3)nc(N3CCCCCC3)c2C1. The molecule has 2 aromatic rings. The van der Waals surface area contributed by atoms with Crippen LogP contribution in [0.3, 0.4) is 0 Å². The Bertz CT molecular complexity index is 748. The second kappa shape index (κ2) is 8.00. The number of aromatic nitrogens is 2. The first-order chi connectivity index (χ1) is 12.8. The largest absolute Gasteiger partial charge is 0.356 e. The quantitative estimate of drug-likeness (QED) is 0.780. The highest BCUT2D eigenvalue weighted by molar-refractivity contribution is 5.61. The lowest BCUT2D eigenvalue weighted by Crippen LogP contribution is -2.35. The van der Waals surface area contributed by atoms with Crippen LogP contribution in [0.25, 0.3) is 11.4 Å². The van der Waals surface area contributed by atoms with Crippen LogP contribution in [-0.2, 0) is 13.0 Å². The van der Waals surface area contributed by atoms with Crippen LogP contribution in [0.4, 0.5) is 5.82 Å². The van der Waals surface area contributed by atoms with E-state index < -0.39 is 0 Å². The molecular formula is C22H28N4. The van der Waals surface area contributed by atoms with Gasteiger partial charge in [-0.2, -0.15) is 0 Å².